The van der Waals surface area contributed by atoms with Crippen molar-refractivity contribution in [3.63, 3.8) is 0 Å². The van der Waals surface area contributed by atoms with Gasteiger partial charge in [0.2, 0.25) is 0 Å². The molecule has 1 unspecified atom stereocenters. The number of esters is 1. The Balaban J connectivity index is 3.74. The highest BCUT2D eigenvalue weighted by molar-refractivity contribution is 5.81. The van der Waals surface area contributed by atoms with E-state index in [-0.39, 0.29) is 0 Å². The molecular weight excluding hydrogens is 162 g/mol. The number of carbonyl (C=O) groups is 2. The van der Waals surface area contributed by atoms with Crippen LogP contribution in [0.5, 0.6) is 0 Å². The molecule has 5 nitrogen and oxygen atoms in total. The quantitative estimate of drug-likeness (QED) is 0.452. The Labute approximate surface area is 70.0 Å². The number of carboxylic acid groups (broad SMARTS) is 1. The molecule has 68 valence electrons. The molecule has 0 aliphatic carbocycles. The van der Waals surface area contributed by atoms with Crippen molar-refractivity contribution in [1.82, 2.24) is 5.32 Å². The lowest BCUT2D eigenvalue weighted by atomic mass is 10.3. The largest absolute Gasteiger partial charge is 0.480 e. The second-order valence-corrected chi connectivity index (χ2v) is 2.08. The second kappa shape index (κ2) is 5.17. The molecule has 0 rings (SSSR count). The van der Waals surface area contributed by atoms with Gasteiger partial charge in [-0.05, 0) is 6.92 Å². The minimum Gasteiger partial charge on any atom is -0.480 e. The third-order valence-corrected chi connectivity index (χ3v) is 1.14. The number of carbonyl (C=O) groups excluding carboxylic acids is 1. The molecule has 5 heteroatoms. The number of rotatable bonds is 4. The highest BCUT2D eigenvalue weighted by Crippen LogP contribution is 1.81. The maximum atomic E-state index is 10.5. The summed E-state index contributed by atoms with van der Waals surface area (Å²) in [5.41, 5.74) is 0. The van der Waals surface area contributed by atoms with Gasteiger partial charge in [0.1, 0.15) is 6.04 Å². The Bertz CT molecular complexity index is 200. The molecule has 0 aliphatic heterocycles. The van der Waals surface area contributed by atoms with E-state index in [1.807, 2.05) is 0 Å². The second-order valence-electron chi connectivity index (χ2n) is 2.08. The normalized spacial score (nSPS) is 12.5. The monoisotopic (exact) mass is 173 g/mol. The lowest BCUT2D eigenvalue weighted by molar-refractivity contribution is -0.139. The van der Waals surface area contributed by atoms with Crippen LogP contribution < -0.4 is 5.32 Å². The Morgan fingerprint density at radius 2 is 2.17 bits per heavy atom. The van der Waals surface area contributed by atoms with Crippen LogP contribution in [-0.2, 0) is 14.3 Å². The van der Waals surface area contributed by atoms with Crippen LogP contribution in [0.4, 0.5) is 0 Å². The first kappa shape index (κ1) is 10.5. The van der Waals surface area contributed by atoms with E-state index >= 15 is 0 Å². The molecule has 0 saturated carbocycles. The molecule has 0 heterocycles. The van der Waals surface area contributed by atoms with E-state index in [2.05, 4.69) is 10.1 Å². The lowest BCUT2D eigenvalue weighted by Gasteiger charge is -2.03. The summed E-state index contributed by atoms with van der Waals surface area (Å²) < 4.78 is 4.28. The van der Waals surface area contributed by atoms with Crippen LogP contribution in [-0.4, -0.2) is 30.2 Å². The van der Waals surface area contributed by atoms with Crippen molar-refractivity contribution in [3.05, 3.63) is 12.3 Å². The van der Waals surface area contributed by atoms with Crippen molar-refractivity contribution in [2.45, 2.75) is 13.0 Å². The minimum absolute atomic E-state index is 0.528. The lowest BCUT2D eigenvalue weighted by Crippen LogP contribution is -2.29. The highest BCUT2D eigenvalue weighted by Gasteiger charge is 2.06. The molecule has 12 heavy (non-hydrogen) atoms. The molecule has 0 bridgehead atoms. The molecule has 1 atom stereocenters. The van der Waals surface area contributed by atoms with E-state index in [4.69, 9.17) is 5.11 Å². The number of carboxylic acids is 1. The van der Waals surface area contributed by atoms with Gasteiger partial charge in [-0.1, -0.05) is 0 Å². The van der Waals surface area contributed by atoms with Crippen LogP contribution in [0.1, 0.15) is 6.92 Å². The van der Waals surface area contributed by atoms with Gasteiger partial charge in [0, 0.05) is 12.3 Å². The van der Waals surface area contributed by atoms with Gasteiger partial charge in [-0.2, -0.15) is 0 Å². The summed E-state index contributed by atoms with van der Waals surface area (Å²) in [7, 11) is 1.24. The smallest absolute Gasteiger partial charge is 0.331 e. The summed E-state index contributed by atoms with van der Waals surface area (Å²) >= 11 is 0. The maximum Gasteiger partial charge on any atom is 0.331 e. The summed E-state index contributed by atoms with van der Waals surface area (Å²) in [4.78, 5) is 20.7. The molecule has 0 radical (unpaired) electrons. The van der Waals surface area contributed by atoms with E-state index in [9.17, 15) is 9.59 Å². The first-order valence-electron chi connectivity index (χ1n) is 3.31. The average Bonchev–Trinajstić information content (AvgIpc) is 2.03. The molecule has 2 N–H and O–H groups in total. The van der Waals surface area contributed by atoms with Gasteiger partial charge in [-0.15, -0.1) is 0 Å². The van der Waals surface area contributed by atoms with E-state index < -0.39 is 18.0 Å². The third kappa shape index (κ3) is 4.32. The van der Waals surface area contributed by atoms with Gasteiger partial charge in [-0.25, -0.2) is 4.79 Å². The number of hydrogen-bond donors (Lipinski definition) is 2. The zero-order chi connectivity index (χ0) is 9.56. The Morgan fingerprint density at radius 1 is 1.58 bits per heavy atom. The topological polar surface area (TPSA) is 75.6 Å². The third-order valence-electron chi connectivity index (χ3n) is 1.14. The molecule has 0 aromatic rings. The van der Waals surface area contributed by atoms with Gasteiger partial charge in [0.05, 0.1) is 7.11 Å². The van der Waals surface area contributed by atoms with E-state index in [0.29, 0.717) is 0 Å². The van der Waals surface area contributed by atoms with Gasteiger partial charge < -0.3 is 15.2 Å². The predicted molar refractivity (Wildman–Crippen MR) is 41.4 cm³/mol. The standard InChI is InChI=1S/C7H11NO4/c1-5(7(10)11)8-4-3-6(9)12-2/h3-5,8H,1-2H3,(H,10,11). The molecular formula is C7H11NO4. The van der Waals surface area contributed by atoms with Gasteiger partial charge in [0.15, 0.2) is 0 Å². The van der Waals surface area contributed by atoms with Crippen LogP contribution >= 0.6 is 0 Å². The van der Waals surface area contributed by atoms with Crippen molar-refractivity contribution in [1.29, 1.82) is 0 Å². The van der Waals surface area contributed by atoms with Crippen LogP contribution in [0.3, 0.4) is 0 Å². The number of ether oxygens (including phenoxy) is 1. The van der Waals surface area contributed by atoms with Gasteiger partial charge >= 0.3 is 11.9 Å². The fourth-order valence-corrected chi connectivity index (χ4v) is 0.400. The first-order chi connectivity index (χ1) is 5.57. The molecule has 0 aromatic heterocycles. The maximum absolute atomic E-state index is 10.5. The van der Waals surface area contributed by atoms with Crippen molar-refractivity contribution < 1.29 is 19.4 Å². The Morgan fingerprint density at radius 3 is 2.58 bits per heavy atom. The molecule has 0 fully saturated rings. The number of hydrogen-bond acceptors (Lipinski definition) is 4. The van der Waals surface area contributed by atoms with Gasteiger partial charge in [0.25, 0.3) is 0 Å². The Hall–Kier alpha value is -1.52. The fourth-order valence-electron chi connectivity index (χ4n) is 0.400. The summed E-state index contributed by atoms with van der Waals surface area (Å²) in [6.45, 7) is 1.46. The summed E-state index contributed by atoms with van der Waals surface area (Å²) in [6, 6.07) is -0.717. The molecule has 0 aliphatic rings. The van der Waals surface area contributed by atoms with Crippen molar-refractivity contribution in [2.75, 3.05) is 7.11 Å². The zero-order valence-corrected chi connectivity index (χ0v) is 6.90. The average molecular weight is 173 g/mol. The Kier molecular flexibility index (Phi) is 4.52. The first-order valence-corrected chi connectivity index (χ1v) is 3.31. The van der Waals surface area contributed by atoms with Crippen LogP contribution in [0.2, 0.25) is 0 Å². The van der Waals surface area contributed by atoms with E-state index in [0.717, 1.165) is 6.08 Å². The molecule has 0 saturated heterocycles. The number of aliphatic carboxylic acids is 1. The SMILES string of the molecule is COC(=O)C=CNC(C)C(=O)O. The predicted octanol–water partition coefficient (Wildman–Crippen LogP) is -0.264. The molecule has 0 spiro atoms. The number of methoxy groups -OCH3 is 1. The van der Waals surface area contributed by atoms with E-state index in [1.54, 1.807) is 0 Å². The summed E-state index contributed by atoms with van der Waals surface area (Å²) in [5, 5.41) is 10.9. The van der Waals surface area contributed by atoms with E-state index in [1.165, 1.54) is 20.2 Å². The fraction of sp³-hybridized carbons (Fsp3) is 0.429. The van der Waals surface area contributed by atoms with Crippen molar-refractivity contribution in [3.8, 4) is 0 Å². The molecule has 0 amide bonds. The summed E-state index contributed by atoms with van der Waals surface area (Å²) in [6.07, 6.45) is 2.35. The number of nitrogens with one attached hydrogen (secondary N) is 1. The van der Waals surface area contributed by atoms with Crippen LogP contribution in [0.25, 0.3) is 0 Å². The highest BCUT2D eigenvalue weighted by atomic mass is 16.5. The van der Waals surface area contributed by atoms with Crippen LogP contribution in [0, 0.1) is 0 Å². The molecule has 0 aromatic carbocycles. The summed E-state index contributed by atoms with van der Waals surface area (Å²) in [5.74, 6) is -1.51. The van der Waals surface area contributed by atoms with Gasteiger partial charge in [-0.3, -0.25) is 4.79 Å². The van der Waals surface area contributed by atoms with Crippen molar-refractivity contribution >= 4 is 11.9 Å². The zero-order valence-electron chi connectivity index (χ0n) is 6.90. The van der Waals surface area contributed by atoms with Crippen molar-refractivity contribution in [2.24, 2.45) is 0 Å². The van der Waals surface area contributed by atoms with Crippen LogP contribution in [0.15, 0.2) is 12.3 Å². The minimum atomic E-state index is -0.982.